The molecule has 0 amide bonds. The molecule has 102 valence electrons. The number of rotatable bonds is 3. The van der Waals surface area contributed by atoms with E-state index in [2.05, 4.69) is 20.4 Å². The first-order valence-corrected chi connectivity index (χ1v) is 6.17. The molecule has 21 heavy (non-hydrogen) atoms. The lowest BCUT2D eigenvalue weighted by atomic mass is 10.3. The largest absolute Gasteiger partial charge is 0.382 e. The molecule has 0 aliphatic heterocycles. The SMILES string of the molecule is N#Cc1c(Nc2ccccc2)nn(-c2ncccn2)c1N. The van der Waals surface area contributed by atoms with E-state index in [4.69, 9.17) is 5.73 Å². The first-order valence-electron chi connectivity index (χ1n) is 6.17. The van der Waals surface area contributed by atoms with Gasteiger partial charge in [-0.15, -0.1) is 5.10 Å². The smallest absolute Gasteiger partial charge is 0.252 e. The van der Waals surface area contributed by atoms with Gasteiger partial charge in [0.1, 0.15) is 11.6 Å². The number of nitrogens with one attached hydrogen (secondary N) is 1. The normalized spacial score (nSPS) is 10.0. The highest BCUT2D eigenvalue weighted by Crippen LogP contribution is 2.25. The topological polar surface area (TPSA) is 105 Å². The van der Waals surface area contributed by atoms with Crippen molar-refractivity contribution in [2.45, 2.75) is 0 Å². The number of hydrogen-bond donors (Lipinski definition) is 2. The van der Waals surface area contributed by atoms with Crippen molar-refractivity contribution >= 4 is 17.3 Å². The first-order chi connectivity index (χ1) is 10.3. The monoisotopic (exact) mass is 277 g/mol. The Labute approximate surface area is 120 Å². The maximum absolute atomic E-state index is 9.27. The van der Waals surface area contributed by atoms with Crippen LogP contribution in [0.5, 0.6) is 0 Å². The molecule has 3 rings (SSSR count). The van der Waals surface area contributed by atoms with Crippen LogP contribution in [0, 0.1) is 11.3 Å². The lowest BCUT2D eigenvalue weighted by Crippen LogP contribution is -2.06. The summed E-state index contributed by atoms with van der Waals surface area (Å²) in [5.74, 6) is 0.878. The standard InChI is InChI=1S/C14H11N7/c15-9-11-12(16)21(14-17-7-4-8-18-14)20-13(11)19-10-5-2-1-3-6-10/h1-8H,16H2,(H,19,20). The molecule has 0 spiro atoms. The van der Waals surface area contributed by atoms with Crippen molar-refractivity contribution in [2.24, 2.45) is 0 Å². The fraction of sp³-hybridized carbons (Fsp3) is 0. The Kier molecular flexibility index (Phi) is 3.19. The number of nitriles is 1. The Morgan fingerprint density at radius 1 is 1.10 bits per heavy atom. The second-order valence-corrected chi connectivity index (χ2v) is 4.17. The van der Waals surface area contributed by atoms with Crippen molar-refractivity contribution in [3.05, 3.63) is 54.4 Å². The van der Waals surface area contributed by atoms with Gasteiger partial charge in [-0.1, -0.05) is 18.2 Å². The number of anilines is 3. The van der Waals surface area contributed by atoms with Crippen LogP contribution in [0.1, 0.15) is 5.56 Å². The molecule has 1 aromatic carbocycles. The third-order valence-electron chi connectivity index (χ3n) is 2.81. The van der Waals surface area contributed by atoms with Crippen LogP contribution in [0.25, 0.3) is 5.95 Å². The predicted octanol–water partition coefficient (Wildman–Crippen LogP) is 1.86. The first kappa shape index (κ1) is 12.6. The second-order valence-electron chi connectivity index (χ2n) is 4.17. The minimum absolute atomic E-state index is 0.196. The quantitative estimate of drug-likeness (QED) is 0.757. The van der Waals surface area contributed by atoms with Gasteiger partial charge in [0.15, 0.2) is 11.6 Å². The van der Waals surface area contributed by atoms with E-state index in [9.17, 15) is 5.26 Å². The number of benzene rings is 1. The van der Waals surface area contributed by atoms with E-state index < -0.39 is 0 Å². The summed E-state index contributed by atoms with van der Waals surface area (Å²) in [7, 11) is 0. The maximum atomic E-state index is 9.27. The minimum atomic E-state index is 0.196. The molecular formula is C14H11N7. The molecule has 0 fully saturated rings. The summed E-state index contributed by atoms with van der Waals surface area (Å²) in [4.78, 5) is 8.16. The number of hydrogen-bond acceptors (Lipinski definition) is 6. The molecule has 0 aliphatic rings. The highest BCUT2D eigenvalue weighted by atomic mass is 15.4. The van der Waals surface area contributed by atoms with E-state index in [1.807, 2.05) is 36.4 Å². The number of aromatic nitrogens is 4. The zero-order valence-corrected chi connectivity index (χ0v) is 10.9. The van der Waals surface area contributed by atoms with E-state index in [1.165, 1.54) is 4.68 Å². The van der Waals surface area contributed by atoms with Crippen LogP contribution in [0.3, 0.4) is 0 Å². The summed E-state index contributed by atoms with van der Waals surface area (Å²) in [6.07, 6.45) is 3.17. The third kappa shape index (κ3) is 2.37. The molecule has 0 radical (unpaired) electrons. The fourth-order valence-electron chi connectivity index (χ4n) is 1.84. The molecule has 0 aliphatic carbocycles. The molecule has 7 nitrogen and oxygen atoms in total. The highest BCUT2D eigenvalue weighted by Gasteiger charge is 2.17. The number of nitrogens with zero attached hydrogens (tertiary/aromatic N) is 5. The average molecular weight is 277 g/mol. The fourth-order valence-corrected chi connectivity index (χ4v) is 1.84. The van der Waals surface area contributed by atoms with E-state index in [0.29, 0.717) is 11.8 Å². The highest BCUT2D eigenvalue weighted by molar-refractivity contribution is 5.70. The molecule has 0 bridgehead atoms. The van der Waals surface area contributed by atoms with Crippen LogP contribution < -0.4 is 11.1 Å². The maximum Gasteiger partial charge on any atom is 0.252 e. The van der Waals surface area contributed by atoms with Crippen molar-refractivity contribution in [3.8, 4) is 12.0 Å². The van der Waals surface area contributed by atoms with Gasteiger partial charge in [-0.25, -0.2) is 9.97 Å². The van der Waals surface area contributed by atoms with Crippen LogP contribution in [0.4, 0.5) is 17.3 Å². The van der Waals surface area contributed by atoms with E-state index in [1.54, 1.807) is 18.5 Å². The van der Waals surface area contributed by atoms with Crippen LogP contribution in [0.15, 0.2) is 48.8 Å². The van der Waals surface area contributed by atoms with Crippen molar-refractivity contribution in [3.63, 3.8) is 0 Å². The van der Waals surface area contributed by atoms with Crippen molar-refractivity contribution < 1.29 is 0 Å². The molecule has 0 saturated heterocycles. The molecular weight excluding hydrogens is 266 g/mol. The van der Waals surface area contributed by atoms with Gasteiger partial charge in [-0.2, -0.15) is 9.94 Å². The summed E-state index contributed by atoms with van der Waals surface area (Å²) in [5.41, 5.74) is 7.03. The molecule has 0 atom stereocenters. The summed E-state index contributed by atoms with van der Waals surface area (Å²) in [5, 5.41) is 16.6. The predicted molar refractivity (Wildman–Crippen MR) is 78.0 cm³/mol. The molecule has 3 N–H and O–H groups in total. The van der Waals surface area contributed by atoms with Crippen LogP contribution in [-0.4, -0.2) is 19.7 Å². The summed E-state index contributed by atoms with van der Waals surface area (Å²) in [6.45, 7) is 0. The molecule has 7 heteroatoms. The Morgan fingerprint density at radius 3 is 2.48 bits per heavy atom. The van der Waals surface area contributed by atoms with E-state index in [-0.39, 0.29) is 11.4 Å². The third-order valence-corrected chi connectivity index (χ3v) is 2.81. The van der Waals surface area contributed by atoms with Gasteiger partial charge in [-0.05, 0) is 18.2 Å². The van der Waals surface area contributed by atoms with Gasteiger partial charge in [0.05, 0.1) is 0 Å². The molecule has 0 unspecified atom stereocenters. The molecule has 0 saturated carbocycles. The number of nitrogen functional groups attached to an aromatic ring is 1. The van der Waals surface area contributed by atoms with Crippen LogP contribution >= 0.6 is 0 Å². The van der Waals surface area contributed by atoms with Gasteiger partial charge in [0, 0.05) is 18.1 Å². The summed E-state index contributed by atoms with van der Waals surface area (Å²) >= 11 is 0. The molecule has 2 aromatic heterocycles. The van der Waals surface area contributed by atoms with Crippen molar-refractivity contribution in [1.82, 2.24) is 19.7 Å². The van der Waals surface area contributed by atoms with Gasteiger partial charge in [0.25, 0.3) is 5.95 Å². The van der Waals surface area contributed by atoms with Gasteiger partial charge < -0.3 is 11.1 Å². The van der Waals surface area contributed by atoms with Crippen LogP contribution in [0.2, 0.25) is 0 Å². The number of nitrogens with two attached hydrogens (primary N) is 1. The minimum Gasteiger partial charge on any atom is -0.382 e. The van der Waals surface area contributed by atoms with Gasteiger partial charge in [-0.3, -0.25) is 0 Å². The average Bonchev–Trinajstić information content (AvgIpc) is 2.85. The zero-order chi connectivity index (χ0) is 14.7. The van der Waals surface area contributed by atoms with Crippen LogP contribution in [-0.2, 0) is 0 Å². The van der Waals surface area contributed by atoms with Crippen molar-refractivity contribution in [1.29, 1.82) is 5.26 Å². The Hall–Kier alpha value is -3.40. The summed E-state index contributed by atoms with van der Waals surface area (Å²) in [6, 6.07) is 13.2. The Morgan fingerprint density at radius 2 is 1.81 bits per heavy atom. The Bertz CT molecular complexity index is 787. The lowest BCUT2D eigenvalue weighted by molar-refractivity contribution is 0.820. The van der Waals surface area contributed by atoms with E-state index in [0.717, 1.165) is 5.69 Å². The lowest BCUT2D eigenvalue weighted by Gasteiger charge is -2.02. The van der Waals surface area contributed by atoms with Gasteiger partial charge in [0.2, 0.25) is 0 Å². The number of para-hydroxylation sites is 1. The Balaban J connectivity index is 2.04. The zero-order valence-electron chi connectivity index (χ0n) is 10.9. The summed E-state index contributed by atoms with van der Waals surface area (Å²) < 4.78 is 1.34. The van der Waals surface area contributed by atoms with E-state index >= 15 is 0 Å². The molecule has 3 aromatic rings. The second kappa shape index (κ2) is 5.30. The van der Waals surface area contributed by atoms with Crippen molar-refractivity contribution in [2.75, 3.05) is 11.1 Å². The molecule has 2 heterocycles. The van der Waals surface area contributed by atoms with Gasteiger partial charge >= 0.3 is 0 Å².